The van der Waals surface area contributed by atoms with Crippen LogP contribution in [0, 0.1) is 18.3 Å². The number of nitriles is 1. The quantitative estimate of drug-likeness (QED) is 0.485. The second-order valence-corrected chi connectivity index (χ2v) is 7.03. The third-order valence-electron chi connectivity index (χ3n) is 4.85. The number of rotatable bonds is 4. The van der Waals surface area contributed by atoms with Crippen LogP contribution in [0.25, 0.3) is 5.52 Å². The summed E-state index contributed by atoms with van der Waals surface area (Å²) >= 11 is 6.73. The van der Waals surface area contributed by atoms with E-state index in [0.717, 1.165) is 39.5 Å². The molecule has 0 saturated carbocycles. The van der Waals surface area contributed by atoms with E-state index in [0.29, 0.717) is 12.0 Å². The van der Waals surface area contributed by atoms with Crippen LogP contribution in [0.15, 0.2) is 67.0 Å². The van der Waals surface area contributed by atoms with Crippen molar-refractivity contribution < 1.29 is 0 Å². The van der Waals surface area contributed by atoms with Gasteiger partial charge in [0.05, 0.1) is 23.3 Å². The maximum Gasteiger partial charge on any atom is 0.110 e. The van der Waals surface area contributed by atoms with Gasteiger partial charge in [-0.25, -0.2) is 4.98 Å². The molecule has 2 aromatic carbocycles. The summed E-state index contributed by atoms with van der Waals surface area (Å²) < 4.78 is 2.07. The van der Waals surface area contributed by atoms with E-state index in [4.69, 9.17) is 11.6 Å². The number of hydrogen-bond acceptors (Lipinski definition) is 2. The van der Waals surface area contributed by atoms with Gasteiger partial charge in [-0.05, 0) is 53.8 Å². The Morgan fingerprint density at radius 2 is 1.74 bits per heavy atom. The number of benzene rings is 2. The molecule has 2 aromatic heterocycles. The van der Waals surface area contributed by atoms with Crippen molar-refractivity contribution in [1.29, 1.82) is 5.26 Å². The average molecular weight is 372 g/mol. The van der Waals surface area contributed by atoms with Crippen LogP contribution in [0.4, 0.5) is 0 Å². The number of aryl methyl sites for hydroxylation is 1. The minimum Gasteiger partial charge on any atom is -0.304 e. The largest absolute Gasteiger partial charge is 0.304 e. The Kier molecular flexibility index (Phi) is 4.66. The van der Waals surface area contributed by atoms with Crippen molar-refractivity contribution in [3.63, 3.8) is 0 Å². The smallest absolute Gasteiger partial charge is 0.110 e. The molecule has 0 aliphatic heterocycles. The van der Waals surface area contributed by atoms with Crippen molar-refractivity contribution in [2.45, 2.75) is 19.8 Å². The van der Waals surface area contributed by atoms with E-state index in [1.165, 1.54) is 5.56 Å². The SMILES string of the molecule is Cc1ncc2cc(Cc3cccc(Cc4ccccc4C#N)c3Cl)ccn12. The van der Waals surface area contributed by atoms with Crippen LogP contribution < -0.4 is 0 Å². The molecule has 0 bridgehead atoms. The van der Waals surface area contributed by atoms with Crippen molar-refractivity contribution in [3.05, 3.63) is 106 Å². The number of imidazole rings is 1. The lowest BCUT2D eigenvalue weighted by Crippen LogP contribution is -1.97. The van der Waals surface area contributed by atoms with Crippen molar-refractivity contribution in [2.24, 2.45) is 0 Å². The van der Waals surface area contributed by atoms with Crippen LogP contribution in [-0.2, 0) is 12.8 Å². The summed E-state index contributed by atoms with van der Waals surface area (Å²) in [6, 6.07) is 20.3. The van der Waals surface area contributed by atoms with Gasteiger partial charge >= 0.3 is 0 Å². The first-order valence-electron chi connectivity index (χ1n) is 8.82. The molecule has 0 atom stereocenters. The summed E-state index contributed by atoms with van der Waals surface area (Å²) in [5, 5.41) is 10.1. The zero-order valence-corrected chi connectivity index (χ0v) is 15.7. The molecule has 3 nitrogen and oxygen atoms in total. The van der Waals surface area contributed by atoms with Gasteiger partial charge in [-0.1, -0.05) is 48.0 Å². The summed E-state index contributed by atoms with van der Waals surface area (Å²) in [4.78, 5) is 4.35. The molecule has 4 heteroatoms. The topological polar surface area (TPSA) is 41.1 Å². The van der Waals surface area contributed by atoms with Crippen molar-refractivity contribution in [1.82, 2.24) is 9.38 Å². The highest BCUT2D eigenvalue weighted by atomic mass is 35.5. The average Bonchev–Trinajstić information content (AvgIpc) is 3.06. The van der Waals surface area contributed by atoms with Crippen LogP contribution >= 0.6 is 11.6 Å². The molecule has 0 N–H and O–H groups in total. The molecule has 0 saturated heterocycles. The summed E-state index contributed by atoms with van der Waals surface area (Å²) in [6.07, 6.45) is 5.34. The molecule has 0 fully saturated rings. The Morgan fingerprint density at radius 3 is 2.56 bits per heavy atom. The van der Waals surface area contributed by atoms with E-state index in [9.17, 15) is 5.26 Å². The van der Waals surface area contributed by atoms with E-state index in [-0.39, 0.29) is 0 Å². The van der Waals surface area contributed by atoms with Crippen LogP contribution in [0.5, 0.6) is 0 Å². The van der Waals surface area contributed by atoms with E-state index in [1.807, 2.05) is 55.7 Å². The first-order chi connectivity index (χ1) is 13.2. The Labute approximate surface area is 163 Å². The molecule has 0 aliphatic rings. The van der Waals surface area contributed by atoms with E-state index < -0.39 is 0 Å². The monoisotopic (exact) mass is 371 g/mol. The number of hydrogen-bond donors (Lipinski definition) is 0. The van der Waals surface area contributed by atoms with Gasteiger partial charge in [0.2, 0.25) is 0 Å². The Hall–Kier alpha value is -3.09. The maximum atomic E-state index is 9.31. The Bertz CT molecular complexity index is 1170. The molecule has 0 amide bonds. The first kappa shape index (κ1) is 17.3. The molecule has 0 spiro atoms. The number of halogens is 1. The van der Waals surface area contributed by atoms with Gasteiger partial charge in [-0.15, -0.1) is 0 Å². The number of aromatic nitrogens is 2. The van der Waals surface area contributed by atoms with Crippen molar-refractivity contribution in [3.8, 4) is 6.07 Å². The predicted molar refractivity (Wildman–Crippen MR) is 108 cm³/mol. The summed E-state index contributed by atoms with van der Waals surface area (Å²) in [5.74, 6) is 0.979. The van der Waals surface area contributed by atoms with Crippen molar-refractivity contribution >= 4 is 17.1 Å². The summed E-state index contributed by atoms with van der Waals surface area (Å²) in [5.41, 5.74) is 6.09. The highest BCUT2D eigenvalue weighted by Crippen LogP contribution is 2.27. The van der Waals surface area contributed by atoms with E-state index in [2.05, 4.69) is 33.7 Å². The molecule has 0 unspecified atom stereocenters. The van der Waals surface area contributed by atoms with Gasteiger partial charge in [0.1, 0.15) is 5.82 Å². The summed E-state index contributed by atoms with van der Waals surface area (Å²) in [6.45, 7) is 1.99. The fourth-order valence-corrected chi connectivity index (χ4v) is 3.66. The number of fused-ring (bicyclic) bond motifs is 1. The van der Waals surface area contributed by atoms with Gasteiger partial charge < -0.3 is 4.40 Å². The van der Waals surface area contributed by atoms with Crippen LogP contribution in [0.3, 0.4) is 0 Å². The van der Waals surface area contributed by atoms with Crippen LogP contribution in [0.2, 0.25) is 5.02 Å². The minimum atomic E-state index is 0.650. The second-order valence-electron chi connectivity index (χ2n) is 6.65. The lowest BCUT2D eigenvalue weighted by atomic mass is 9.97. The first-order valence-corrected chi connectivity index (χ1v) is 9.20. The number of pyridine rings is 1. The van der Waals surface area contributed by atoms with Gasteiger partial charge in [-0.3, -0.25) is 0 Å². The summed E-state index contributed by atoms with van der Waals surface area (Å²) in [7, 11) is 0. The molecular formula is C23H18ClN3. The van der Waals surface area contributed by atoms with Crippen LogP contribution in [-0.4, -0.2) is 9.38 Å². The molecule has 132 valence electrons. The molecule has 2 heterocycles. The fraction of sp³-hybridized carbons (Fsp3) is 0.130. The van der Waals surface area contributed by atoms with Gasteiger partial charge in [0, 0.05) is 17.6 Å². The fourth-order valence-electron chi connectivity index (χ4n) is 3.40. The third-order valence-corrected chi connectivity index (χ3v) is 5.34. The lowest BCUT2D eigenvalue weighted by molar-refractivity contribution is 1.03. The zero-order chi connectivity index (χ0) is 18.8. The second kappa shape index (κ2) is 7.26. The zero-order valence-electron chi connectivity index (χ0n) is 15.0. The molecule has 4 aromatic rings. The van der Waals surface area contributed by atoms with Gasteiger partial charge in [-0.2, -0.15) is 5.26 Å². The Morgan fingerprint density at radius 1 is 1.00 bits per heavy atom. The maximum absolute atomic E-state index is 9.31. The predicted octanol–water partition coefficient (Wildman–Crippen LogP) is 5.35. The minimum absolute atomic E-state index is 0.650. The molecule has 0 radical (unpaired) electrons. The molecule has 27 heavy (non-hydrogen) atoms. The van der Waals surface area contributed by atoms with Crippen molar-refractivity contribution in [2.75, 3.05) is 0 Å². The Balaban J connectivity index is 1.64. The standard InChI is InChI=1S/C23H18ClN3/c1-16-26-15-22-12-17(9-10-27(16)22)11-19-7-4-8-20(23(19)24)13-18-5-2-3-6-21(18)14-25/h2-10,12,15H,11,13H2,1H3. The molecular weight excluding hydrogens is 354 g/mol. The van der Waals surface area contributed by atoms with E-state index >= 15 is 0 Å². The molecule has 4 rings (SSSR count). The highest BCUT2D eigenvalue weighted by molar-refractivity contribution is 6.32. The number of nitrogens with zero attached hydrogens (tertiary/aromatic N) is 3. The lowest BCUT2D eigenvalue weighted by Gasteiger charge is -2.11. The highest BCUT2D eigenvalue weighted by Gasteiger charge is 2.10. The van der Waals surface area contributed by atoms with Gasteiger partial charge in [0.25, 0.3) is 0 Å². The van der Waals surface area contributed by atoms with Gasteiger partial charge in [0.15, 0.2) is 0 Å². The normalized spacial score (nSPS) is 10.9. The van der Waals surface area contributed by atoms with E-state index in [1.54, 1.807) is 0 Å². The molecule has 0 aliphatic carbocycles. The van der Waals surface area contributed by atoms with Crippen LogP contribution in [0.1, 0.15) is 33.6 Å². The third kappa shape index (κ3) is 3.45.